The van der Waals surface area contributed by atoms with E-state index in [4.69, 9.17) is 9.47 Å². The zero-order chi connectivity index (χ0) is 22.8. The molecule has 3 aromatic carbocycles. The standard InChI is InChI=1S/C27H28N2O4/c1-32-21-10-7-19(8-11-21)20-9-12-24-23(15-20)26-22(25(16-30)28-24)13-14-29(26)27(31)33-17-18-5-3-2-4-6-18/h2-12,15,22,25-26,28,30H,13-14,16-17H2,1H3/t22-,25+,26-/m1/s1. The van der Waals surface area contributed by atoms with Crippen molar-refractivity contribution in [2.24, 2.45) is 5.92 Å². The molecule has 5 rings (SSSR count). The zero-order valence-corrected chi connectivity index (χ0v) is 18.6. The van der Waals surface area contributed by atoms with E-state index in [1.165, 1.54) is 0 Å². The Morgan fingerprint density at radius 2 is 1.82 bits per heavy atom. The van der Waals surface area contributed by atoms with Crippen LogP contribution in [-0.2, 0) is 11.3 Å². The Kier molecular flexibility index (Phi) is 5.92. The van der Waals surface area contributed by atoms with Gasteiger partial charge in [0.25, 0.3) is 0 Å². The monoisotopic (exact) mass is 444 g/mol. The summed E-state index contributed by atoms with van der Waals surface area (Å²) in [6.07, 6.45) is 0.501. The highest BCUT2D eigenvalue weighted by atomic mass is 16.6. The molecule has 0 spiro atoms. The van der Waals surface area contributed by atoms with Gasteiger partial charge in [-0.15, -0.1) is 0 Å². The van der Waals surface area contributed by atoms with Crippen molar-refractivity contribution in [2.45, 2.75) is 25.1 Å². The van der Waals surface area contributed by atoms with Crippen LogP contribution in [0.1, 0.15) is 23.6 Å². The molecule has 170 valence electrons. The van der Waals surface area contributed by atoms with Gasteiger partial charge in [-0.2, -0.15) is 0 Å². The largest absolute Gasteiger partial charge is 0.497 e. The van der Waals surface area contributed by atoms with E-state index in [1.807, 2.05) is 65.6 Å². The van der Waals surface area contributed by atoms with E-state index in [9.17, 15) is 9.90 Å². The molecule has 0 aliphatic carbocycles. The molecule has 33 heavy (non-hydrogen) atoms. The fourth-order valence-corrected chi connectivity index (χ4v) is 5.03. The number of rotatable bonds is 5. The van der Waals surface area contributed by atoms with Crippen LogP contribution in [0.3, 0.4) is 0 Å². The summed E-state index contributed by atoms with van der Waals surface area (Å²) in [7, 11) is 1.66. The number of nitrogens with zero attached hydrogens (tertiary/aromatic N) is 1. The maximum absolute atomic E-state index is 13.1. The van der Waals surface area contributed by atoms with E-state index in [0.29, 0.717) is 6.54 Å². The number of benzene rings is 3. The van der Waals surface area contributed by atoms with E-state index in [1.54, 1.807) is 7.11 Å². The second-order valence-electron chi connectivity index (χ2n) is 8.59. The first-order valence-corrected chi connectivity index (χ1v) is 11.3. The minimum Gasteiger partial charge on any atom is -0.497 e. The molecule has 0 unspecified atom stereocenters. The SMILES string of the molecule is COc1ccc(-c2ccc3c(c2)[C@H]2[C@H](CCN2C(=O)OCc2ccccc2)[C@H](CO)N3)cc1. The van der Waals surface area contributed by atoms with Gasteiger partial charge in [-0.3, -0.25) is 0 Å². The van der Waals surface area contributed by atoms with Gasteiger partial charge in [-0.1, -0.05) is 48.5 Å². The first-order valence-electron chi connectivity index (χ1n) is 11.3. The van der Waals surface area contributed by atoms with Crippen molar-refractivity contribution in [3.05, 3.63) is 83.9 Å². The first kappa shape index (κ1) is 21.3. The Labute approximate surface area is 193 Å². The number of anilines is 1. The second-order valence-corrected chi connectivity index (χ2v) is 8.59. The Balaban J connectivity index is 1.44. The lowest BCUT2D eigenvalue weighted by Crippen LogP contribution is -2.43. The number of nitrogens with one attached hydrogen (secondary N) is 1. The smallest absolute Gasteiger partial charge is 0.410 e. The minimum atomic E-state index is -0.314. The number of fused-ring (bicyclic) bond motifs is 3. The molecule has 2 aliphatic rings. The third-order valence-electron chi connectivity index (χ3n) is 6.73. The number of ether oxygens (including phenoxy) is 2. The molecule has 6 heteroatoms. The number of carbonyl (C=O) groups is 1. The van der Waals surface area contributed by atoms with Gasteiger partial charge in [0.2, 0.25) is 0 Å². The second kappa shape index (κ2) is 9.16. The highest BCUT2D eigenvalue weighted by molar-refractivity contribution is 5.74. The van der Waals surface area contributed by atoms with Crippen LogP contribution in [-0.4, -0.2) is 42.4 Å². The highest BCUT2D eigenvalue weighted by Crippen LogP contribution is 2.47. The van der Waals surface area contributed by atoms with Crippen LogP contribution >= 0.6 is 0 Å². The van der Waals surface area contributed by atoms with Gasteiger partial charge in [-0.05, 0) is 52.9 Å². The van der Waals surface area contributed by atoms with Gasteiger partial charge < -0.3 is 24.8 Å². The number of likely N-dealkylation sites (tertiary alicyclic amines) is 1. The molecule has 2 N–H and O–H groups in total. The van der Waals surface area contributed by atoms with Crippen molar-refractivity contribution in [1.82, 2.24) is 4.90 Å². The summed E-state index contributed by atoms with van der Waals surface area (Å²) in [4.78, 5) is 14.9. The maximum Gasteiger partial charge on any atom is 0.410 e. The van der Waals surface area contributed by atoms with Crippen molar-refractivity contribution in [1.29, 1.82) is 0 Å². The van der Waals surface area contributed by atoms with Crippen molar-refractivity contribution in [3.8, 4) is 16.9 Å². The molecule has 1 saturated heterocycles. The first-order chi connectivity index (χ1) is 16.2. The lowest BCUT2D eigenvalue weighted by molar-refractivity contribution is 0.0845. The van der Waals surface area contributed by atoms with Gasteiger partial charge in [0.05, 0.1) is 25.8 Å². The van der Waals surface area contributed by atoms with Gasteiger partial charge >= 0.3 is 6.09 Å². The molecule has 0 saturated carbocycles. The predicted molar refractivity (Wildman–Crippen MR) is 127 cm³/mol. The van der Waals surface area contributed by atoms with E-state index < -0.39 is 0 Å². The number of methoxy groups -OCH3 is 1. The lowest BCUT2D eigenvalue weighted by Gasteiger charge is -2.39. The Bertz CT molecular complexity index is 1120. The van der Waals surface area contributed by atoms with Crippen LogP contribution in [0.25, 0.3) is 11.1 Å². The number of hydrogen-bond donors (Lipinski definition) is 2. The van der Waals surface area contributed by atoms with E-state index in [2.05, 4.69) is 17.4 Å². The molecule has 0 radical (unpaired) electrons. The summed E-state index contributed by atoms with van der Waals surface area (Å²) in [5.41, 5.74) is 5.13. The number of hydrogen-bond acceptors (Lipinski definition) is 5. The quantitative estimate of drug-likeness (QED) is 0.589. The molecule has 6 nitrogen and oxygen atoms in total. The Morgan fingerprint density at radius 3 is 2.55 bits per heavy atom. The lowest BCUT2D eigenvalue weighted by atomic mass is 9.82. The van der Waals surface area contributed by atoms with E-state index in [-0.39, 0.29) is 37.3 Å². The minimum absolute atomic E-state index is 0.0216. The van der Waals surface area contributed by atoms with Crippen LogP contribution < -0.4 is 10.1 Å². The molecule has 1 fully saturated rings. The average molecular weight is 445 g/mol. The summed E-state index contributed by atoms with van der Waals surface area (Å²) >= 11 is 0. The normalized spacial score (nSPS) is 21.0. The summed E-state index contributed by atoms with van der Waals surface area (Å²) in [6, 6.07) is 23.7. The summed E-state index contributed by atoms with van der Waals surface area (Å²) in [5, 5.41) is 13.5. The van der Waals surface area contributed by atoms with Gasteiger partial charge in [0.15, 0.2) is 0 Å². The van der Waals surface area contributed by atoms with Crippen LogP contribution in [0.15, 0.2) is 72.8 Å². The molecule has 3 atom stereocenters. The predicted octanol–water partition coefficient (Wildman–Crippen LogP) is 4.85. The average Bonchev–Trinajstić information content (AvgIpc) is 3.33. The summed E-state index contributed by atoms with van der Waals surface area (Å²) < 4.78 is 11.0. The van der Waals surface area contributed by atoms with E-state index in [0.717, 1.165) is 40.1 Å². The third kappa shape index (κ3) is 4.14. The summed E-state index contributed by atoms with van der Waals surface area (Å²) in [5.74, 6) is 0.935. The van der Waals surface area contributed by atoms with Crippen LogP contribution in [0, 0.1) is 5.92 Å². The molecule has 0 bridgehead atoms. The molecular formula is C27H28N2O4. The van der Waals surface area contributed by atoms with Crippen molar-refractivity contribution in [2.75, 3.05) is 25.6 Å². The number of aliphatic hydroxyl groups excluding tert-OH is 1. The summed E-state index contributed by atoms with van der Waals surface area (Å²) in [6.45, 7) is 0.870. The van der Waals surface area contributed by atoms with E-state index >= 15 is 0 Å². The third-order valence-corrected chi connectivity index (χ3v) is 6.73. The van der Waals surface area contributed by atoms with Gasteiger partial charge in [-0.25, -0.2) is 4.79 Å². The van der Waals surface area contributed by atoms with Crippen molar-refractivity contribution >= 4 is 11.8 Å². The fraction of sp³-hybridized carbons (Fsp3) is 0.296. The maximum atomic E-state index is 13.1. The highest BCUT2D eigenvalue weighted by Gasteiger charge is 2.46. The van der Waals surface area contributed by atoms with Crippen LogP contribution in [0.2, 0.25) is 0 Å². The molecule has 2 heterocycles. The van der Waals surface area contributed by atoms with Crippen molar-refractivity contribution in [3.63, 3.8) is 0 Å². The van der Waals surface area contributed by atoms with Crippen LogP contribution in [0.5, 0.6) is 5.75 Å². The Morgan fingerprint density at radius 1 is 1.06 bits per heavy atom. The number of amides is 1. The molecule has 2 aliphatic heterocycles. The molecule has 1 amide bonds. The van der Waals surface area contributed by atoms with Gasteiger partial charge in [0.1, 0.15) is 12.4 Å². The number of carbonyl (C=O) groups excluding carboxylic acids is 1. The number of aliphatic hydroxyl groups is 1. The molecular weight excluding hydrogens is 416 g/mol. The Hall–Kier alpha value is -3.51. The van der Waals surface area contributed by atoms with Gasteiger partial charge in [0, 0.05) is 18.2 Å². The topological polar surface area (TPSA) is 71.0 Å². The zero-order valence-electron chi connectivity index (χ0n) is 18.6. The molecule has 3 aromatic rings. The fourth-order valence-electron chi connectivity index (χ4n) is 5.03. The molecule has 0 aromatic heterocycles. The van der Waals surface area contributed by atoms with Crippen LogP contribution in [0.4, 0.5) is 10.5 Å². The van der Waals surface area contributed by atoms with Crippen molar-refractivity contribution < 1.29 is 19.4 Å².